The molecule has 0 aliphatic heterocycles. The van der Waals surface area contributed by atoms with Gasteiger partial charge in [-0.25, -0.2) is 18.1 Å². The maximum absolute atomic E-state index is 12.1. The van der Waals surface area contributed by atoms with Gasteiger partial charge in [-0.15, -0.1) is 0 Å². The van der Waals surface area contributed by atoms with E-state index in [0.717, 1.165) is 12.8 Å². The highest BCUT2D eigenvalue weighted by atomic mass is 32.2. The van der Waals surface area contributed by atoms with Gasteiger partial charge in [0.2, 0.25) is 0 Å². The van der Waals surface area contributed by atoms with Crippen LogP contribution in [0.3, 0.4) is 0 Å². The molecular weight excluding hydrogens is 252 g/mol. The average molecular weight is 274 g/mol. The SMILES string of the molecule is CC(C)CCC(C)NS(=O)(=O)c1c(N)ncn1C. The van der Waals surface area contributed by atoms with Gasteiger partial charge in [-0.05, 0) is 25.7 Å². The van der Waals surface area contributed by atoms with Gasteiger partial charge >= 0.3 is 0 Å². The molecule has 0 aliphatic rings. The van der Waals surface area contributed by atoms with Crippen LogP contribution < -0.4 is 10.5 Å². The van der Waals surface area contributed by atoms with E-state index in [2.05, 4.69) is 23.6 Å². The fraction of sp³-hybridized carbons (Fsp3) is 0.727. The summed E-state index contributed by atoms with van der Waals surface area (Å²) in [6.07, 6.45) is 3.17. The number of rotatable bonds is 6. The van der Waals surface area contributed by atoms with Crippen molar-refractivity contribution in [2.24, 2.45) is 13.0 Å². The summed E-state index contributed by atoms with van der Waals surface area (Å²) >= 11 is 0. The van der Waals surface area contributed by atoms with E-state index in [9.17, 15) is 8.42 Å². The Hall–Kier alpha value is -1.08. The first-order valence-electron chi connectivity index (χ1n) is 6.03. The molecule has 104 valence electrons. The molecule has 7 heteroatoms. The van der Waals surface area contributed by atoms with Crippen LogP contribution in [0.1, 0.15) is 33.6 Å². The Morgan fingerprint density at radius 1 is 1.39 bits per heavy atom. The Labute approximate surface area is 109 Å². The van der Waals surface area contributed by atoms with E-state index in [1.807, 2.05) is 6.92 Å². The zero-order valence-electron chi connectivity index (χ0n) is 11.3. The maximum atomic E-state index is 12.1. The van der Waals surface area contributed by atoms with Gasteiger partial charge in [-0.1, -0.05) is 13.8 Å². The molecule has 3 N–H and O–H groups in total. The fourth-order valence-corrected chi connectivity index (χ4v) is 3.24. The lowest BCUT2D eigenvalue weighted by molar-refractivity contribution is 0.483. The van der Waals surface area contributed by atoms with Crippen molar-refractivity contribution in [2.45, 2.75) is 44.7 Å². The van der Waals surface area contributed by atoms with E-state index in [-0.39, 0.29) is 16.9 Å². The average Bonchev–Trinajstić information content (AvgIpc) is 2.55. The Morgan fingerprint density at radius 2 is 2.00 bits per heavy atom. The van der Waals surface area contributed by atoms with Crippen LogP contribution in [0, 0.1) is 5.92 Å². The summed E-state index contributed by atoms with van der Waals surface area (Å²) in [6, 6.07) is -0.119. The molecule has 1 aromatic rings. The monoisotopic (exact) mass is 274 g/mol. The minimum absolute atomic E-state index is 0.0268. The number of aromatic nitrogens is 2. The molecule has 0 saturated carbocycles. The van der Waals surface area contributed by atoms with Crippen LogP contribution in [0.4, 0.5) is 5.82 Å². The van der Waals surface area contributed by atoms with Gasteiger partial charge in [0.15, 0.2) is 10.8 Å². The number of nitrogen functional groups attached to an aromatic ring is 1. The number of hydrogen-bond donors (Lipinski definition) is 2. The van der Waals surface area contributed by atoms with Crippen LogP contribution in [-0.4, -0.2) is 24.0 Å². The normalized spacial score (nSPS) is 14.1. The Morgan fingerprint density at radius 3 is 2.44 bits per heavy atom. The van der Waals surface area contributed by atoms with Gasteiger partial charge < -0.3 is 10.3 Å². The number of nitrogens with two attached hydrogens (primary N) is 1. The van der Waals surface area contributed by atoms with Gasteiger partial charge in [0, 0.05) is 13.1 Å². The van der Waals surface area contributed by atoms with E-state index in [0.29, 0.717) is 5.92 Å². The third kappa shape index (κ3) is 3.71. The number of nitrogens with zero attached hydrogens (tertiary/aromatic N) is 2. The molecule has 1 unspecified atom stereocenters. The molecule has 0 radical (unpaired) electrons. The lowest BCUT2D eigenvalue weighted by Crippen LogP contribution is -2.34. The zero-order valence-corrected chi connectivity index (χ0v) is 12.2. The molecule has 1 rings (SSSR count). The van der Waals surface area contributed by atoms with Gasteiger partial charge in [-0.3, -0.25) is 0 Å². The molecule has 0 amide bonds. The molecule has 1 aromatic heterocycles. The summed E-state index contributed by atoms with van der Waals surface area (Å²) in [7, 11) is -1.99. The van der Waals surface area contributed by atoms with E-state index >= 15 is 0 Å². The number of nitrogens with one attached hydrogen (secondary N) is 1. The highest BCUT2D eigenvalue weighted by Gasteiger charge is 2.24. The standard InChI is InChI=1S/C11H22N4O2S/c1-8(2)5-6-9(3)14-18(16,17)11-10(12)13-7-15(11)4/h7-9,14H,5-6,12H2,1-4H3. The zero-order chi connectivity index (χ0) is 13.9. The van der Waals surface area contributed by atoms with Crippen molar-refractivity contribution in [3.05, 3.63) is 6.33 Å². The Balaban J connectivity index is 2.77. The van der Waals surface area contributed by atoms with E-state index < -0.39 is 10.0 Å². The highest BCUT2D eigenvalue weighted by Crippen LogP contribution is 2.16. The topological polar surface area (TPSA) is 90.0 Å². The summed E-state index contributed by atoms with van der Waals surface area (Å²) in [4.78, 5) is 3.79. The van der Waals surface area contributed by atoms with E-state index in [4.69, 9.17) is 5.73 Å². The number of anilines is 1. The second kappa shape index (κ2) is 5.71. The minimum atomic E-state index is -3.60. The molecule has 0 spiro atoms. The maximum Gasteiger partial charge on any atom is 0.260 e. The van der Waals surface area contributed by atoms with Gasteiger partial charge in [0.25, 0.3) is 10.0 Å². The number of imidazole rings is 1. The lowest BCUT2D eigenvalue weighted by atomic mass is 10.1. The second-order valence-corrected chi connectivity index (χ2v) is 6.67. The molecule has 0 bridgehead atoms. The summed E-state index contributed by atoms with van der Waals surface area (Å²) < 4.78 is 28.3. The largest absolute Gasteiger partial charge is 0.381 e. The van der Waals surface area contributed by atoms with Gasteiger partial charge in [0.05, 0.1) is 6.33 Å². The molecule has 1 heterocycles. The van der Waals surface area contributed by atoms with Crippen molar-refractivity contribution in [1.29, 1.82) is 0 Å². The van der Waals surface area contributed by atoms with Crippen LogP contribution in [0.15, 0.2) is 11.4 Å². The van der Waals surface area contributed by atoms with E-state index in [1.54, 1.807) is 7.05 Å². The summed E-state index contributed by atoms with van der Waals surface area (Å²) in [5.41, 5.74) is 5.57. The fourth-order valence-electron chi connectivity index (χ4n) is 1.73. The van der Waals surface area contributed by atoms with Crippen LogP contribution >= 0.6 is 0 Å². The third-order valence-electron chi connectivity index (χ3n) is 2.70. The van der Waals surface area contributed by atoms with Crippen LogP contribution in [0.2, 0.25) is 0 Å². The predicted octanol–water partition coefficient (Wildman–Crippen LogP) is 1.11. The predicted molar refractivity (Wildman–Crippen MR) is 71.5 cm³/mol. The quantitative estimate of drug-likeness (QED) is 0.813. The highest BCUT2D eigenvalue weighted by molar-refractivity contribution is 7.89. The first-order chi connectivity index (χ1) is 8.24. The van der Waals surface area contributed by atoms with Crippen molar-refractivity contribution >= 4 is 15.8 Å². The Kier molecular flexibility index (Phi) is 4.75. The molecule has 0 aliphatic carbocycles. The summed E-state index contributed by atoms with van der Waals surface area (Å²) in [5.74, 6) is 0.583. The van der Waals surface area contributed by atoms with Crippen molar-refractivity contribution in [1.82, 2.24) is 14.3 Å². The molecule has 0 aromatic carbocycles. The first-order valence-corrected chi connectivity index (χ1v) is 7.51. The summed E-state index contributed by atoms with van der Waals surface area (Å²) in [6.45, 7) is 6.08. The first kappa shape index (κ1) is 15.0. The van der Waals surface area contributed by atoms with Gasteiger partial charge in [-0.2, -0.15) is 0 Å². The molecular formula is C11H22N4O2S. The van der Waals surface area contributed by atoms with Crippen molar-refractivity contribution < 1.29 is 8.42 Å². The summed E-state index contributed by atoms with van der Waals surface area (Å²) in [5, 5.41) is 0.0268. The molecule has 18 heavy (non-hydrogen) atoms. The number of hydrogen-bond acceptors (Lipinski definition) is 4. The van der Waals surface area contributed by atoms with Crippen LogP contribution in [0.5, 0.6) is 0 Å². The second-order valence-electron chi connectivity index (χ2n) is 5.04. The van der Waals surface area contributed by atoms with Crippen LogP contribution in [0.25, 0.3) is 0 Å². The van der Waals surface area contributed by atoms with Gasteiger partial charge in [0.1, 0.15) is 0 Å². The molecule has 0 saturated heterocycles. The lowest BCUT2D eigenvalue weighted by Gasteiger charge is -2.15. The van der Waals surface area contributed by atoms with Crippen molar-refractivity contribution in [2.75, 3.05) is 5.73 Å². The van der Waals surface area contributed by atoms with E-state index in [1.165, 1.54) is 10.9 Å². The van der Waals surface area contributed by atoms with Crippen molar-refractivity contribution in [3.63, 3.8) is 0 Å². The molecule has 6 nitrogen and oxygen atoms in total. The van der Waals surface area contributed by atoms with Crippen molar-refractivity contribution in [3.8, 4) is 0 Å². The minimum Gasteiger partial charge on any atom is -0.381 e. The Bertz CT molecular complexity index is 474. The molecule has 0 fully saturated rings. The number of sulfonamides is 1. The number of aryl methyl sites for hydroxylation is 1. The van der Waals surface area contributed by atoms with Crippen LogP contribution in [-0.2, 0) is 17.1 Å². The smallest absolute Gasteiger partial charge is 0.260 e. The molecule has 1 atom stereocenters. The third-order valence-corrected chi connectivity index (χ3v) is 4.42.